The number of carbonyl (C=O) groups is 1. The first-order valence-corrected chi connectivity index (χ1v) is 6.10. The normalized spacial score (nSPS) is 13.6. The maximum atomic E-state index is 11.5. The van der Waals surface area contributed by atoms with Crippen molar-refractivity contribution in [2.45, 2.75) is 32.7 Å². The van der Waals surface area contributed by atoms with Crippen molar-refractivity contribution < 1.29 is 4.79 Å². The molecular formula is C14H23ClN2O. The molecule has 0 spiro atoms. The third-order valence-electron chi connectivity index (χ3n) is 2.94. The van der Waals surface area contributed by atoms with E-state index in [2.05, 4.69) is 31.3 Å². The molecule has 1 rings (SSSR count). The summed E-state index contributed by atoms with van der Waals surface area (Å²) < 4.78 is 0. The van der Waals surface area contributed by atoms with Crippen LogP contribution < -0.4 is 11.1 Å². The van der Waals surface area contributed by atoms with Crippen LogP contribution in [0, 0.1) is 5.92 Å². The number of nitrogens with one attached hydrogen (secondary N) is 1. The Kier molecular flexibility index (Phi) is 7.64. The highest BCUT2D eigenvalue weighted by molar-refractivity contribution is 5.85. The molecule has 0 aliphatic carbocycles. The fourth-order valence-corrected chi connectivity index (χ4v) is 1.81. The molecule has 3 nitrogen and oxygen atoms in total. The first kappa shape index (κ1) is 16.9. The zero-order valence-corrected chi connectivity index (χ0v) is 12.0. The molecule has 2 atom stereocenters. The zero-order chi connectivity index (χ0) is 12.8. The van der Waals surface area contributed by atoms with Gasteiger partial charge in [-0.1, -0.05) is 44.2 Å². The van der Waals surface area contributed by atoms with Crippen molar-refractivity contribution in [3.05, 3.63) is 35.9 Å². The first-order valence-electron chi connectivity index (χ1n) is 6.10. The van der Waals surface area contributed by atoms with E-state index in [1.165, 1.54) is 5.56 Å². The second-order valence-electron chi connectivity index (χ2n) is 4.80. The van der Waals surface area contributed by atoms with E-state index in [1.54, 1.807) is 6.92 Å². The van der Waals surface area contributed by atoms with Gasteiger partial charge in [0.15, 0.2) is 0 Å². The Balaban J connectivity index is 0.00000289. The molecule has 0 radical (unpaired) electrons. The molecule has 3 N–H and O–H groups in total. The van der Waals surface area contributed by atoms with Gasteiger partial charge in [0.05, 0.1) is 6.04 Å². The van der Waals surface area contributed by atoms with Gasteiger partial charge in [0.25, 0.3) is 0 Å². The summed E-state index contributed by atoms with van der Waals surface area (Å²) in [4.78, 5) is 11.5. The smallest absolute Gasteiger partial charge is 0.236 e. The highest BCUT2D eigenvalue weighted by atomic mass is 35.5. The predicted molar refractivity (Wildman–Crippen MR) is 77.9 cm³/mol. The molecule has 0 aromatic heterocycles. The van der Waals surface area contributed by atoms with Gasteiger partial charge in [-0.3, -0.25) is 4.79 Å². The molecule has 102 valence electrons. The molecule has 0 saturated carbocycles. The van der Waals surface area contributed by atoms with Crippen molar-refractivity contribution in [1.29, 1.82) is 0 Å². The van der Waals surface area contributed by atoms with E-state index in [0.717, 1.165) is 0 Å². The number of rotatable bonds is 5. The van der Waals surface area contributed by atoms with Gasteiger partial charge in [0.1, 0.15) is 0 Å². The fourth-order valence-electron chi connectivity index (χ4n) is 1.81. The maximum absolute atomic E-state index is 11.5. The Morgan fingerprint density at radius 2 is 1.78 bits per heavy atom. The van der Waals surface area contributed by atoms with Crippen LogP contribution in [-0.4, -0.2) is 18.5 Å². The van der Waals surface area contributed by atoms with Gasteiger partial charge in [0.2, 0.25) is 5.91 Å². The lowest BCUT2D eigenvalue weighted by atomic mass is 9.88. The minimum atomic E-state index is -0.446. The monoisotopic (exact) mass is 270 g/mol. The topological polar surface area (TPSA) is 55.1 Å². The molecule has 0 saturated heterocycles. The van der Waals surface area contributed by atoms with E-state index in [4.69, 9.17) is 5.73 Å². The summed E-state index contributed by atoms with van der Waals surface area (Å²) in [5.74, 6) is 0.719. The summed E-state index contributed by atoms with van der Waals surface area (Å²) in [5, 5.41) is 2.90. The van der Waals surface area contributed by atoms with E-state index in [9.17, 15) is 4.79 Å². The SMILES string of the molecule is CC(N)C(=O)NCC(c1ccccc1)C(C)C.Cl. The van der Waals surface area contributed by atoms with E-state index in [1.807, 2.05) is 18.2 Å². The van der Waals surface area contributed by atoms with Crippen molar-refractivity contribution >= 4 is 18.3 Å². The Morgan fingerprint density at radius 1 is 1.22 bits per heavy atom. The van der Waals surface area contributed by atoms with Crippen LogP contribution in [0.2, 0.25) is 0 Å². The van der Waals surface area contributed by atoms with Gasteiger partial charge in [0, 0.05) is 12.5 Å². The molecule has 0 fully saturated rings. The van der Waals surface area contributed by atoms with Crippen molar-refractivity contribution in [3.63, 3.8) is 0 Å². The number of nitrogens with two attached hydrogens (primary N) is 1. The molecule has 1 aromatic carbocycles. The molecule has 18 heavy (non-hydrogen) atoms. The largest absolute Gasteiger partial charge is 0.354 e. The van der Waals surface area contributed by atoms with E-state index < -0.39 is 6.04 Å². The Morgan fingerprint density at radius 3 is 2.22 bits per heavy atom. The molecule has 2 unspecified atom stereocenters. The molecule has 0 bridgehead atoms. The average molecular weight is 271 g/mol. The molecule has 0 heterocycles. The van der Waals surface area contributed by atoms with Crippen LogP contribution in [0.1, 0.15) is 32.3 Å². The van der Waals surface area contributed by atoms with Crippen molar-refractivity contribution in [2.24, 2.45) is 11.7 Å². The van der Waals surface area contributed by atoms with Crippen LogP contribution in [0.25, 0.3) is 0 Å². The van der Waals surface area contributed by atoms with Crippen molar-refractivity contribution in [1.82, 2.24) is 5.32 Å². The summed E-state index contributed by atoms with van der Waals surface area (Å²) in [7, 11) is 0. The quantitative estimate of drug-likeness (QED) is 0.863. The van der Waals surface area contributed by atoms with Crippen LogP contribution in [0.15, 0.2) is 30.3 Å². The Hall–Kier alpha value is -1.06. The van der Waals surface area contributed by atoms with Gasteiger partial charge in [-0.25, -0.2) is 0 Å². The van der Waals surface area contributed by atoms with Gasteiger partial charge in [-0.2, -0.15) is 0 Å². The summed E-state index contributed by atoms with van der Waals surface area (Å²) >= 11 is 0. The lowest BCUT2D eigenvalue weighted by molar-refractivity contribution is -0.122. The van der Waals surface area contributed by atoms with Crippen LogP contribution in [0.5, 0.6) is 0 Å². The summed E-state index contributed by atoms with van der Waals surface area (Å²) in [6, 6.07) is 9.81. The summed E-state index contributed by atoms with van der Waals surface area (Å²) in [5.41, 5.74) is 6.78. The predicted octanol–water partition coefficient (Wildman–Crippen LogP) is 2.31. The molecule has 1 aromatic rings. The lowest BCUT2D eigenvalue weighted by Crippen LogP contribution is -2.40. The second kappa shape index (κ2) is 8.11. The lowest BCUT2D eigenvalue weighted by Gasteiger charge is -2.22. The van der Waals surface area contributed by atoms with Gasteiger partial charge in [-0.15, -0.1) is 12.4 Å². The number of hydrogen-bond donors (Lipinski definition) is 2. The second-order valence-corrected chi connectivity index (χ2v) is 4.80. The van der Waals surface area contributed by atoms with Crippen LogP contribution in [0.4, 0.5) is 0 Å². The third-order valence-corrected chi connectivity index (χ3v) is 2.94. The summed E-state index contributed by atoms with van der Waals surface area (Å²) in [6.45, 7) is 6.66. The third kappa shape index (κ3) is 5.07. The van der Waals surface area contributed by atoms with Crippen LogP contribution >= 0.6 is 12.4 Å². The van der Waals surface area contributed by atoms with Gasteiger partial charge < -0.3 is 11.1 Å². The molecule has 1 amide bonds. The number of amides is 1. The highest BCUT2D eigenvalue weighted by Crippen LogP contribution is 2.23. The zero-order valence-electron chi connectivity index (χ0n) is 11.2. The summed E-state index contributed by atoms with van der Waals surface area (Å²) in [6.07, 6.45) is 0. The number of carbonyl (C=O) groups excluding carboxylic acids is 1. The van der Waals surface area contributed by atoms with Crippen LogP contribution in [-0.2, 0) is 4.79 Å². The highest BCUT2D eigenvalue weighted by Gasteiger charge is 2.17. The van der Waals surface area contributed by atoms with E-state index in [-0.39, 0.29) is 18.3 Å². The molecular weight excluding hydrogens is 248 g/mol. The average Bonchev–Trinajstić information content (AvgIpc) is 2.29. The molecule has 0 aliphatic rings. The van der Waals surface area contributed by atoms with E-state index in [0.29, 0.717) is 18.4 Å². The van der Waals surface area contributed by atoms with Gasteiger partial charge in [-0.05, 0) is 18.4 Å². The minimum absolute atomic E-state index is 0. The fraction of sp³-hybridized carbons (Fsp3) is 0.500. The minimum Gasteiger partial charge on any atom is -0.354 e. The van der Waals surface area contributed by atoms with E-state index >= 15 is 0 Å². The van der Waals surface area contributed by atoms with Crippen LogP contribution in [0.3, 0.4) is 0 Å². The molecule has 4 heteroatoms. The number of halogens is 1. The van der Waals surface area contributed by atoms with Gasteiger partial charge >= 0.3 is 0 Å². The molecule has 0 aliphatic heterocycles. The Bertz CT molecular complexity index is 352. The Labute approximate surface area is 116 Å². The number of hydrogen-bond acceptors (Lipinski definition) is 2. The first-order chi connectivity index (χ1) is 8.02. The number of benzene rings is 1. The maximum Gasteiger partial charge on any atom is 0.236 e. The van der Waals surface area contributed by atoms with Crippen molar-refractivity contribution in [3.8, 4) is 0 Å². The standard InChI is InChI=1S/C14H22N2O.ClH/c1-10(2)13(9-16-14(17)11(3)15)12-7-5-4-6-8-12;/h4-8,10-11,13H,9,15H2,1-3H3,(H,16,17);1H. The van der Waals surface area contributed by atoms with Crippen molar-refractivity contribution in [2.75, 3.05) is 6.54 Å².